The summed E-state index contributed by atoms with van der Waals surface area (Å²) in [5.74, 6) is -1.52. The van der Waals surface area contributed by atoms with Crippen LogP contribution in [-0.2, 0) is 19.6 Å². The third-order valence-corrected chi connectivity index (χ3v) is 6.43. The Bertz CT molecular complexity index is 781. The van der Waals surface area contributed by atoms with E-state index in [0.717, 1.165) is 5.56 Å². The number of aryl methyl sites for hydroxylation is 3. The molecule has 1 aliphatic carbocycles. The lowest BCUT2D eigenvalue weighted by atomic mass is 10.1. The number of hydrogen-bond donors (Lipinski definition) is 3. The molecule has 0 aliphatic heterocycles. The maximum atomic E-state index is 12.5. The highest BCUT2D eigenvalue weighted by Gasteiger charge is 2.30. The fraction of sp³-hybridized carbons (Fsp3) is 0.556. The van der Waals surface area contributed by atoms with Gasteiger partial charge in [-0.2, -0.15) is 0 Å². The van der Waals surface area contributed by atoms with E-state index in [4.69, 9.17) is 5.11 Å². The Morgan fingerprint density at radius 2 is 1.77 bits per heavy atom. The van der Waals surface area contributed by atoms with E-state index in [9.17, 15) is 18.0 Å². The van der Waals surface area contributed by atoms with Crippen molar-refractivity contribution in [2.75, 3.05) is 6.54 Å². The molecule has 0 saturated heterocycles. The zero-order valence-corrected chi connectivity index (χ0v) is 16.1. The number of hydrogen-bond acceptors (Lipinski definition) is 4. The van der Waals surface area contributed by atoms with Gasteiger partial charge < -0.3 is 10.4 Å². The zero-order chi connectivity index (χ0) is 19.5. The first kappa shape index (κ1) is 20.4. The van der Waals surface area contributed by atoms with Crippen LogP contribution >= 0.6 is 0 Å². The smallest absolute Gasteiger partial charge is 0.306 e. The second kappa shape index (κ2) is 8.18. The molecule has 1 amide bonds. The van der Waals surface area contributed by atoms with E-state index >= 15 is 0 Å². The van der Waals surface area contributed by atoms with Gasteiger partial charge in [0.1, 0.15) is 0 Å². The second-order valence-corrected chi connectivity index (χ2v) is 8.69. The molecule has 1 aromatic rings. The van der Waals surface area contributed by atoms with Crippen LogP contribution in [0.4, 0.5) is 0 Å². The van der Waals surface area contributed by atoms with Crippen LogP contribution in [0.15, 0.2) is 17.0 Å². The topological polar surface area (TPSA) is 113 Å². The van der Waals surface area contributed by atoms with Crippen molar-refractivity contribution in [2.45, 2.75) is 57.4 Å². The van der Waals surface area contributed by atoms with Crippen molar-refractivity contribution in [3.05, 3.63) is 28.8 Å². The minimum absolute atomic E-state index is 0.00397. The number of benzene rings is 1. The van der Waals surface area contributed by atoms with Gasteiger partial charge >= 0.3 is 5.97 Å². The molecule has 0 heterocycles. The van der Waals surface area contributed by atoms with E-state index in [1.54, 1.807) is 13.8 Å². The number of carbonyl (C=O) groups excluding carboxylic acids is 1. The average Bonchev–Trinajstić information content (AvgIpc) is 2.94. The molecule has 0 spiro atoms. The molecule has 2 rings (SSSR count). The summed E-state index contributed by atoms with van der Waals surface area (Å²) in [4.78, 5) is 23.2. The number of nitrogens with one attached hydrogen (secondary N) is 2. The second-order valence-electron chi connectivity index (χ2n) is 6.99. The summed E-state index contributed by atoms with van der Waals surface area (Å²) in [7, 11) is -3.69. The predicted molar refractivity (Wildman–Crippen MR) is 97.4 cm³/mol. The first-order valence-electron chi connectivity index (χ1n) is 8.70. The summed E-state index contributed by atoms with van der Waals surface area (Å²) in [6, 6.07) is 3.47. The van der Waals surface area contributed by atoms with Crippen LogP contribution in [0.1, 0.15) is 42.4 Å². The first-order valence-corrected chi connectivity index (χ1v) is 10.2. The summed E-state index contributed by atoms with van der Waals surface area (Å²) < 4.78 is 27.5. The van der Waals surface area contributed by atoms with Crippen LogP contribution in [0, 0.1) is 26.7 Å². The monoisotopic (exact) mass is 382 g/mol. The van der Waals surface area contributed by atoms with E-state index in [1.165, 1.54) is 0 Å². The zero-order valence-electron chi connectivity index (χ0n) is 15.3. The molecule has 7 nitrogen and oxygen atoms in total. The van der Waals surface area contributed by atoms with E-state index in [0.29, 0.717) is 30.4 Å². The standard InChI is InChI=1S/C18H26N2O5S/c1-11-8-12(2)17(13(3)9-11)26(24,25)19-7-6-16(21)20-15-5-4-14(10-15)18(22)23/h8-9,14-15,19H,4-7,10H2,1-3H3,(H,20,21)(H,22,23)/t14-,15+/m0/s1. The van der Waals surface area contributed by atoms with E-state index in [2.05, 4.69) is 10.0 Å². The lowest BCUT2D eigenvalue weighted by Gasteiger charge is -2.14. The maximum absolute atomic E-state index is 12.5. The van der Waals surface area contributed by atoms with Crippen molar-refractivity contribution < 1.29 is 23.1 Å². The fourth-order valence-electron chi connectivity index (χ4n) is 3.60. The van der Waals surface area contributed by atoms with Gasteiger partial charge in [0.25, 0.3) is 0 Å². The van der Waals surface area contributed by atoms with Crippen LogP contribution in [-0.4, -0.2) is 38.0 Å². The van der Waals surface area contributed by atoms with E-state index < -0.39 is 21.9 Å². The molecule has 144 valence electrons. The molecule has 1 saturated carbocycles. The van der Waals surface area contributed by atoms with Crippen molar-refractivity contribution in [3.63, 3.8) is 0 Å². The van der Waals surface area contributed by atoms with Crippen molar-refractivity contribution in [2.24, 2.45) is 5.92 Å². The van der Waals surface area contributed by atoms with Gasteiger partial charge in [-0.1, -0.05) is 17.7 Å². The van der Waals surface area contributed by atoms with Gasteiger partial charge in [0.05, 0.1) is 10.8 Å². The Balaban J connectivity index is 1.87. The third kappa shape index (κ3) is 5.04. The third-order valence-electron chi connectivity index (χ3n) is 4.66. The van der Waals surface area contributed by atoms with Crippen LogP contribution in [0.2, 0.25) is 0 Å². The number of aliphatic carboxylic acids is 1. The maximum Gasteiger partial charge on any atom is 0.306 e. The Morgan fingerprint density at radius 1 is 1.15 bits per heavy atom. The summed E-state index contributed by atoms with van der Waals surface area (Å²) in [5.41, 5.74) is 2.34. The van der Waals surface area contributed by atoms with Gasteiger partial charge in [0.15, 0.2) is 0 Å². The molecule has 0 unspecified atom stereocenters. The molecule has 1 aromatic carbocycles. The molecule has 0 bridgehead atoms. The normalized spacial score (nSPS) is 20.1. The van der Waals surface area contributed by atoms with E-state index in [1.807, 2.05) is 19.1 Å². The highest BCUT2D eigenvalue weighted by Crippen LogP contribution is 2.25. The Morgan fingerprint density at radius 3 is 2.31 bits per heavy atom. The molecule has 3 N–H and O–H groups in total. The van der Waals surface area contributed by atoms with Crippen LogP contribution in [0.5, 0.6) is 0 Å². The van der Waals surface area contributed by atoms with Crippen LogP contribution in [0.3, 0.4) is 0 Å². The highest BCUT2D eigenvalue weighted by atomic mass is 32.2. The molecule has 0 radical (unpaired) electrons. The van der Waals surface area contributed by atoms with Crippen LogP contribution in [0.25, 0.3) is 0 Å². The summed E-state index contributed by atoms with van der Waals surface area (Å²) in [6.45, 7) is 5.41. The number of rotatable bonds is 7. The molecule has 8 heteroatoms. The van der Waals surface area contributed by atoms with E-state index in [-0.39, 0.29) is 29.8 Å². The molecule has 1 fully saturated rings. The number of carbonyl (C=O) groups is 2. The fourth-order valence-corrected chi connectivity index (χ4v) is 5.08. The Kier molecular flexibility index (Phi) is 6.41. The van der Waals surface area contributed by atoms with Crippen molar-refractivity contribution in [3.8, 4) is 0 Å². The Hall–Kier alpha value is -1.93. The lowest BCUT2D eigenvalue weighted by molar-refractivity contribution is -0.141. The average molecular weight is 382 g/mol. The number of carboxylic acids is 1. The minimum Gasteiger partial charge on any atom is -0.481 e. The van der Waals surface area contributed by atoms with Gasteiger partial charge in [-0.3, -0.25) is 9.59 Å². The SMILES string of the molecule is Cc1cc(C)c(S(=O)(=O)NCCC(=O)N[C@@H]2CC[C@H](C(=O)O)C2)c(C)c1. The predicted octanol–water partition coefficient (Wildman–Crippen LogP) is 1.65. The quantitative estimate of drug-likeness (QED) is 0.664. The van der Waals surface area contributed by atoms with Crippen molar-refractivity contribution in [1.29, 1.82) is 0 Å². The summed E-state index contributed by atoms with van der Waals surface area (Å²) in [6.07, 6.45) is 1.63. The minimum atomic E-state index is -3.69. The molecule has 1 aliphatic rings. The largest absolute Gasteiger partial charge is 0.481 e. The van der Waals surface area contributed by atoms with Crippen molar-refractivity contribution >= 4 is 21.9 Å². The molecule has 0 aromatic heterocycles. The van der Waals surface area contributed by atoms with Gasteiger partial charge in [0, 0.05) is 19.0 Å². The van der Waals surface area contributed by atoms with Gasteiger partial charge in [0.2, 0.25) is 15.9 Å². The summed E-state index contributed by atoms with van der Waals surface area (Å²) in [5, 5.41) is 11.8. The lowest BCUT2D eigenvalue weighted by Crippen LogP contribution is -2.36. The molecule has 2 atom stereocenters. The highest BCUT2D eigenvalue weighted by molar-refractivity contribution is 7.89. The first-order chi connectivity index (χ1) is 12.1. The number of sulfonamides is 1. The molecule has 26 heavy (non-hydrogen) atoms. The Labute approximate surface area is 154 Å². The van der Waals surface area contributed by atoms with Gasteiger partial charge in [-0.15, -0.1) is 0 Å². The van der Waals surface area contributed by atoms with Gasteiger partial charge in [-0.05, 0) is 51.2 Å². The number of amides is 1. The van der Waals surface area contributed by atoms with Gasteiger partial charge in [-0.25, -0.2) is 13.1 Å². The molecular weight excluding hydrogens is 356 g/mol. The van der Waals surface area contributed by atoms with Crippen LogP contribution < -0.4 is 10.0 Å². The summed E-state index contributed by atoms with van der Waals surface area (Å²) >= 11 is 0. The van der Waals surface area contributed by atoms with Crippen molar-refractivity contribution in [1.82, 2.24) is 10.0 Å². The number of carboxylic acid groups (broad SMARTS) is 1. The molecular formula is C18H26N2O5S.